The molecule has 0 spiro atoms. The topological polar surface area (TPSA) is 34.1 Å². The van der Waals surface area contributed by atoms with Gasteiger partial charge in [0.05, 0.1) is 0 Å². The van der Waals surface area contributed by atoms with E-state index in [1.54, 1.807) is 0 Å². The third-order valence-electron chi connectivity index (χ3n) is 1.58. The Morgan fingerprint density at radius 3 is 2.62 bits per heavy atom. The van der Waals surface area contributed by atoms with Crippen LogP contribution >= 0.6 is 0 Å². The van der Waals surface area contributed by atoms with Crippen LogP contribution in [0.25, 0.3) is 0 Å². The summed E-state index contributed by atoms with van der Waals surface area (Å²) in [5.41, 5.74) is 0. The molecule has 1 saturated carbocycles. The molecule has 0 bridgehead atoms. The molecule has 0 N–H and O–H groups in total. The number of aldehydes is 1. The molecule has 1 aliphatic rings. The lowest BCUT2D eigenvalue weighted by Crippen LogP contribution is -2.25. The van der Waals surface area contributed by atoms with Crippen LogP contribution in [-0.2, 0) is 9.59 Å². The molecule has 0 heterocycles. The molecule has 8 heavy (non-hydrogen) atoms. The average Bonchev–Trinajstić information content (AvgIpc) is 1.79. The minimum Gasteiger partial charge on any atom is -0.303 e. The van der Waals surface area contributed by atoms with Gasteiger partial charge in [0, 0.05) is 18.8 Å². The molecule has 0 aromatic carbocycles. The van der Waals surface area contributed by atoms with Crippen molar-refractivity contribution in [2.45, 2.75) is 19.3 Å². The van der Waals surface area contributed by atoms with Gasteiger partial charge < -0.3 is 4.79 Å². The van der Waals surface area contributed by atoms with E-state index >= 15 is 0 Å². The Kier molecular flexibility index (Phi) is 1.42. The highest BCUT2D eigenvalue weighted by Gasteiger charge is 2.26. The van der Waals surface area contributed by atoms with Crippen molar-refractivity contribution in [3.63, 3.8) is 0 Å². The lowest BCUT2D eigenvalue weighted by Gasteiger charge is -2.20. The molecule has 0 radical (unpaired) electrons. The summed E-state index contributed by atoms with van der Waals surface area (Å²) in [7, 11) is 0. The summed E-state index contributed by atoms with van der Waals surface area (Å²) >= 11 is 0. The van der Waals surface area contributed by atoms with Crippen LogP contribution in [0, 0.1) is 5.92 Å². The zero-order valence-corrected chi connectivity index (χ0v) is 4.59. The summed E-state index contributed by atoms with van der Waals surface area (Å²) in [5.74, 6) is 0.351. The summed E-state index contributed by atoms with van der Waals surface area (Å²) < 4.78 is 0. The Morgan fingerprint density at radius 2 is 2.50 bits per heavy atom. The molecular formula is C6H8O2. The Balaban J connectivity index is 2.26. The first kappa shape index (κ1) is 5.48. The predicted octanol–water partition coefficient (Wildman–Crippen LogP) is 0.554. The van der Waals surface area contributed by atoms with Gasteiger partial charge in [-0.1, -0.05) is 0 Å². The summed E-state index contributed by atoms with van der Waals surface area (Å²) in [6.07, 6.45) is 2.89. The number of carbonyl (C=O) groups excluding carboxylic acids is 2. The molecule has 2 heteroatoms. The summed E-state index contributed by atoms with van der Waals surface area (Å²) in [6, 6.07) is 0. The largest absolute Gasteiger partial charge is 0.303 e. The van der Waals surface area contributed by atoms with Crippen molar-refractivity contribution in [1.82, 2.24) is 0 Å². The third kappa shape index (κ3) is 0.782. The van der Waals surface area contributed by atoms with E-state index in [0.29, 0.717) is 12.8 Å². The van der Waals surface area contributed by atoms with Crippen LogP contribution < -0.4 is 0 Å². The normalized spacial score (nSPS) is 27.0. The maximum Gasteiger partial charge on any atom is 0.136 e. The quantitative estimate of drug-likeness (QED) is 0.489. The Bertz CT molecular complexity index is 118. The lowest BCUT2D eigenvalue weighted by atomic mass is 9.82. The molecule has 44 valence electrons. The Hall–Kier alpha value is -0.660. The highest BCUT2D eigenvalue weighted by Crippen LogP contribution is 2.23. The number of rotatable bonds is 2. The van der Waals surface area contributed by atoms with Gasteiger partial charge in [-0.2, -0.15) is 0 Å². The first-order valence-electron chi connectivity index (χ1n) is 2.81. The molecule has 0 aliphatic heterocycles. The molecule has 1 unspecified atom stereocenters. The van der Waals surface area contributed by atoms with Crippen LogP contribution in [0.5, 0.6) is 0 Å². The first-order chi connectivity index (χ1) is 3.84. The van der Waals surface area contributed by atoms with Gasteiger partial charge in [-0.05, 0) is 6.42 Å². The van der Waals surface area contributed by atoms with E-state index in [4.69, 9.17) is 0 Å². The van der Waals surface area contributed by atoms with Gasteiger partial charge in [-0.15, -0.1) is 0 Å². The molecule has 2 nitrogen and oxygen atoms in total. The predicted molar refractivity (Wildman–Crippen MR) is 28.4 cm³/mol. The first-order valence-corrected chi connectivity index (χ1v) is 2.81. The van der Waals surface area contributed by atoms with E-state index < -0.39 is 0 Å². The van der Waals surface area contributed by atoms with Gasteiger partial charge in [0.15, 0.2) is 0 Å². The van der Waals surface area contributed by atoms with Crippen LogP contribution in [-0.4, -0.2) is 12.1 Å². The number of hydrogen-bond donors (Lipinski definition) is 0. The molecular weight excluding hydrogens is 104 g/mol. The number of Topliss-reactive ketones (excluding diaryl/α,β-unsaturated/α-hetero) is 1. The van der Waals surface area contributed by atoms with Crippen molar-refractivity contribution in [2.75, 3.05) is 0 Å². The zero-order chi connectivity index (χ0) is 5.98. The monoisotopic (exact) mass is 112 g/mol. The lowest BCUT2D eigenvalue weighted by molar-refractivity contribution is -0.131. The second kappa shape index (κ2) is 2.07. The summed E-state index contributed by atoms with van der Waals surface area (Å²) in [6.45, 7) is 0. The smallest absolute Gasteiger partial charge is 0.136 e. The van der Waals surface area contributed by atoms with Crippen molar-refractivity contribution in [1.29, 1.82) is 0 Å². The number of carbonyl (C=O) groups is 2. The fraction of sp³-hybridized carbons (Fsp3) is 0.667. The van der Waals surface area contributed by atoms with E-state index in [9.17, 15) is 9.59 Å². The second-order valence-corrected chi connectivity index (χ2v) is 2.10. The molecule has 0 saturated heterocycles. The van der Waals surface area contributed by atoms with Crippen molar-refractivity contribution >= 4 is 12.1 Å². The fourth-order valence-corrected chi connectivity index (χ4v) is 0.832. The molecule has 1 rings (SSSR count). The maximum absolute atomic E-state index is 10.5. The minimum absolute atomic E-state index is 0.0903. The van der Waals surface area contributed by atoms with E-state index in [-0.39, 0.29) is 11.7 Å². The standard InChI is InChI=1S/C6H8O2/c7-4-3-5-1-2-6(5)8/h4-5H,1-3H2. The average molecular weight is 112 g/mol. The van der Waals surface area contributed by atoms with Gasteiger partial charge in [0.2, 0.25) is 0 Å². The van der Waals surface area contributed by atoms with Crippen LogP contribution in [0.4, 0.5) is 0 Å². The molecule has 0 amide bonds. The molecule has 1 atom stereocenters. The molecule has 1 aliphatic carbocycles. The van der Waals surface area contributed by atoms with Crippen molar-refractivity contribution in [3.05, 3.63) is 0 Å². The third-order valence-corrected chi connectivity index (χ3v) is 1.58. The zero-order valence-electron chi connectivity index (χ0n) is 4.59. The minimum atomic E-state index is 0.0903. The van der Waals surface area contributed by atoms with E-state index in [1.807, 2.05) is 0 Å². The number of ketones is 1. The van der Waals surface area contributed by atoms with E-state index in [2.05, 4.69) is 0 Å². The number of hydrogen-bond acceptors (Lipinski definition) is 2. The Labute approximate surface area is 47.9 Å². The van der Waals surface area contributed by atoms with Gasteiger partial charge >= 0.3 is 0 Å². The van der Waals surface area contributed by atoms with Gasteiger partial charge in [0.25, 0.3) is 0 Å². The van der Waals surface area contributed by atoms with Crippen LogP contribution in [0.15, 0.2) is 0 Å². The van der Waals surface area contributed by atoms with E-state index in [0.717, 1.165) is 12.7 Å². The van der Waals surface area contributed by atoms with Crippen LogP contribution in [0.2, 0.25) is 0 Å². The van der Waals surface area contributed by atoms with Crippen molar-refractivity contribution in [3.8, 4) is 0 Å². The van der Waals surface area contributed by atoms with Gasteiger partial charge in [-0.25, -0.2) is 0 Å². The van der Waals surface area contributed by atoms with E-state index in [1.165, 1.54) is 0 Å². The Morgan fingerprint density at radius 1 is 1.75 bits per heavy atom. The maximum atomic E-state index is 10.5. The van der Waals surface area contributed by atoms with Crippen molar-refractivity contribution < 1.29 is 9.59 Å². The van der Waals surface area contributed by atoms with Crippen molar-refractivity contribution in [2.24, 2.45) is 5.92 Å². The summed E-state index contributed by atoms with van der Waals surface area (Å²) in [4.78, 5) is 20.3. The summed E-state index contributed by atoms with van der Waals surface area (Å²) in [5, 5.41) is 0. The molecule has 1 fully saturated rings. The second-order valence-electron chi connectivity index (χ2n) is 2.10. The van der Waals surface area contributed by atoms with Gasteiger partial charge in [0.1, 0.15) is 12.1 Å². The highest BCUT2D eigenvalue weighted by molar-refractivity contribution is 5.88. The fourth-order valence-electron chi connectivity index (χ4n) is 0.832. The van der Waals surface area contributed by atoms with Crippen LogP contribution in [0.3, 0.4) is 0 Å². The SMILES string of the molecule is O=CCC1CCC1=O. The van der Waals surface area contributed by atoms with Crippen LogP contribution in [0.1, 0.15) is 19.3 Å². The molecule has 0 aromatic heterocycles. The highest BCUT2D eigenvalue weighted by atomic mass is 16.1. The molecule has 0 aromatic rings. The van der Waals surface area contributed by atoms with Gasteiger partial charge in [-0.3, -0.25) is 4.79 Å².